The second-order valence-electron chi connectivity index (χ2n) is 6.58. The molecule has 0 N–H and O–H groups in total. The third-order valence-corrected chi connectivity index (χ3v) is 3.39. The van der Waals surface area contributed by atoms with Crippen LogP contribution in [0.15, 0.2) is 18.2 Å². The third kappa shape index (κ3) is 5.99. The summed E-state index contributed by atoms with van der Waals surface area (Å²) in [5, 5.41) is 8.59. The summed E-state index contributed by atoms with van der Waals surface area (Å²) in [6, 6.07) is 7.40. The predicted molar refractivity (Wildman–Crippen MR) is 91.3 cm³/mol. The first-order valence-electron chi connectivity index (χ1n) is 7.80. The van der Waals surface area contributed by atoms with E-state index in [0.29, 0.717) is 17.9 Å². The summed E-state index contributed by atoms with van der Waals surface area (Å²) in [5.41, 5.74) is 0.479. The van der Waals surface area contributed by atoms with Gasteiger partial charge in [-0.3, -0.25) is 0 Å². The molecule has 0 heterocycles. The fourth-order valence-electron chi connectivity index (χ4n) is 2.06. The third-order valence-electron chi connectivity index (χ3n) is 3.39. The summed E-state index contributed by atoms with van der Waals surface area (Å²) < 4.78 is 16.0. The van der Waals surface area contributed by atoms with Crippen LogP contribution >= 0.6 is 0 Å². The second kappa shape index (κ2) is 8.44. The minimum atomic E-state index is -0.520. The van der Waals surface area contributed by atoms with Crippen LogP contribution in [0, 0.1) is 11.3 Å². The van der Waals surface area contributed by atoms with E-state index >= 15 is 0 Å². The average molecular weight is 334 g/mol. The number of ether oxygens (including phenoxy) is 3. The summed E-state index contributed by atoms with van der Waals surface area (Å²) >= 11 is 0. The Labute approximate surface area is 143 Å². The highest BCUT2D eigenvalue weighted by Crippen LogP contribution is 2.28. The highest BCUT2D eigenvalue weighted by molar-refractivity contribution is 5.68. The van der Waals surface area contributed by atoms with Crippen LogP contribution in [0.4, 0.5) is 4.79 Å². The van der Waals surface area contributed by atoms with E-state index in [2.05, 4.69) is 0 Å². The average Bonchev–Trinajstić information content (AvgIpc) is 2.50. The summed E-state index contributed by atoms with van der Waals surface area (Å²) in [6.07, 6.45) is 0.293. The summed E-state index contributed by atoms with van der Waals surface area (Å²) in [7, 11) is 3.27. The fraction of sp³-hybridized carbons (Fsp3) is 0.556. The Morgan fingerprint density at radius 2 is 2.00 bits per heavy atom. The molecule has 24 heavy (non-hydrogen) atoms. The van der Waals surface area contributed by atoms with Crippen LogP contribution in [0.3, 0.4) is 0 Å². The molecule has 0 aromatic heterocycles. The van der Waals surface area contributed by atoms with Crippen LogP contribution in [0.1, 0.15) is 33.3 Å². The van der Waals surface area contributed by atoms with Crippen molar-refractivity contribution in [2.24, 2.45) is 0 Å². The van der Waals surface area contributed by atoms with Gasteiger partial charge in [0.15, 0.2) is 18.1 Å². The number of carbonyl (C=O) groups excluding carboxylic acids is 1. The van der Waals surface area contributed by atoms with Gasteiger partial charge >= 0.3 is 6.09 Å². The molecule has 1 aromatic rings. The van der Waals surface area contributed by atoms with Crippen LogP contribution in [-0.4, -0.2) is 43.4 Å². The number of methoxy groups -OCH3 is 1. The van der Waals surface area contributed by atoms with Gasteiger partial charge in [-0.1, -0.05) is 6.07 Å². The number of likely N-dealkylation sites (N-methyl/N-ethyl adjacent to an activating group) is 1. The quantitative estimate of drug-likeness (QED) is 0.797. The molecule has 1 atom stereocenters. The lowest BCUT2D eigenvalue weighted by molar-refractivity contribution is 0.0236. The van der Waals surface area contributed by atoms with E-state index in [1.54, 1.807) is 25.1 Å². The minimum absolute atomic E-state index is 0.0342. The molecular weight excluding hydrogens is 308 g/mol. The normalized spacial score (nSPS) is 12.0. The number of amides is 1. The van der Waals surface area contributed by atoms with E-state index in [4.69, 9.17) is 19.5 Å². The van der Waals surface area contributed by atoms with E-state index in [1.165, 1.54) is 0 Å². The van der Waals surface area contributed by atoms with E-state index in [1.807, 2.05) is 45.9 Å². The van der Waals surface area contributed by atoms with Crippen LogP contribution in [0.2, 0.25) is 0 Å². The Kier molecular flexibility index (Phi) is 6.90. The molecule has 6 heteroatoms. The maximum absolute atomic E-state index is 12.1. The van der Waals surface area contributed by atoms with Gasteiger partial charge in [0, 0.05) is 13.1 Å². The van der Waals surface area contributed by atoms with Crippen molar-refractivity contribution >= 4 is 6.09 Å². The molecule has 1 unspecified atom stereocenters. The summed E-state index contributed by atoms with van der Waals surface area (Å²) in [5.74, 6) is 1.09. The molecule has 1 amide bonds. The Balaban J connectivity index is 2.77. The number of rotatable bonds is 6. The van der Waals surface area contributed by atoms with Crippen molar-refractivity contribution in [1.82, 2.24) is 4.90 Å². The first kappa shape index (κ1) is 19.6. The summed E-state index contributed by atoms with van der Waals surface area (Å²) in [4.78, 5) is 13.7. The van der Waals surface area contributed by atoms with Crippen LogP contribution < -0.4 is 9.47 Å². The number of hydrogen-bond acceptors (Lipinski definition) is 5. The molecule has 0 aliphatic rings. The van der Waals surface area contributed by atoms with E-state index in [9.17, 15) is 4.79 Å². The van der Waals surface area contributed by atoms with Crippen molar-refractivity contribution in [1.29, 1.82) is 5.26 Å². The van der Waals surface area contributed by atoms with Crippen LogP contribution in [0.25, 0.3) is 0 Å². The van der Waals surface area contributed by atoms with Gasteiger partial charge in [-0.15, -0.1) is 0 Å². The molecule has 0 bridgehead atoms. The van der Waals surface area contributed by atoms with Crippen molar-refractivity contribution in [3.8, 4) is 17.6 Å². The number of nitriles is 1. The molecule has 1 aromatic carbocycles. The molecule has 0 aliphatic carbocycles. The van der Waals surface area contributed by atoms with Gasteiger partial charge in [-0.05, 0) is 51.8 Å². The van der Waals surface area contributed by atoms with E-state index in [0.717, 1.165) is 5.56 Å². The zero-order chi connectivity index (χ0) is 18.3. The molecule has 0 aliphatic heterocycles. The first-order valence-corrected chi connectivity index (χ1v) is 7.80. The number of benzene rings is 1. The zero-order valence-corrected chi connectivity index (χ0v) is 15.3. The zero-order valence-electron chi connectivity index (χ0n) is 15.3. The smallest absolute Gasteiger partial charge is 0.410 e. The van der Waals surface area contributed by atoms with Gasteiger partial charge in [0.05, 0.1) is 7.11 Å². The highest BCUT2D eigenvalue weighted by atomic mass is 16.6. The maximum Gasteiger partial charge on any atom is 0.410 e. The van der Waals surface area contributed by atoms with E-state index in [-0.39, 0.29) is 18.7 Å². The van der Waals surface area contributed by atoms with Crippen molar-refractivity contribution in [2.75, 3.05) is 20.8 Å². The fourth-order valence-corrected chi connectivity index (χ4v) is 2.06. The maximum atomic E-state index is 12.1. The Bertz CT molecular complexity index is 602. The Morgan fingerprint density at radius 1 is 1.33 bits per heavy atom. The molecular formula is C18H26N2O4. The van der Waals surface area contributed by atoms with Crippen molar-refractivity contribution in [3.63, 3.8) is 0 Å². The largest absolute Gasteiger partial charge is 0.493 e. The van der Waals surface area contributed by atoms with Gasteiger partial charge in [0.25, 0.3) is 0 Å². The lowest BCUT2D eigenvalue weighted by Gasteiger charge is -2.29. The number of carbonyl (C=O) groups is 1. The van der Waals surface area contributed by atoms with Gasteiger partial charge in [0.1, 0.15) is 11.7 Å². The number of nitrogens with zero attached hydrogens (tertiary/aromatic N) is 2. The SMILES string of the molecule is COc1cc(CC(C)N(C)C(=O)OC(C)(C)C)ccc1OCC#N. The molecule has 0 fully saturated rings. The highest BCUT2D eigenvalue weighted by Gasteiger charge is 2.23. The monoisotopic (exact) mass is 334 g/mol. The second-order valence-corrected chi connectivity index (χ2v) is 6.58. The lowest BCUT2D eigenvalue weighted by atomic mass is 10.1. The molecule has 0 spiro atoms. The van der Waals surface area contributed by atoms with Crippen molar-refractivity contribution in [3.05, 3.63) is 23.8 Å². The molecule has 1 rings (SSSR count). The van der Waals surface area contributed by atoms with Crippen molar-refractivity contribution < 1.29 is 19.0 Å². The van der Waals surface area contributed by atoms with Crippen LogP contribution in [0.5, 0.6) is 11.5 Å². The topological polar surface area (TPSA) is 71.8 Å². The number of hydrogen-bond donors (Lipinski definition) is 0. The summed E-state index contributed by atoms with van der Waals surface area (Å²) in [6.45, 7) is 7.45. The standard InChI is InChI=1S/C18H26N2O4/c1-13(20(5)17(21)24-18(2,3)4)11-14-7-8-15(23-10-9-19)16(12-14)22-6/h7-8,12-13H,10-11H2,1-6H3. The van der Waals surface area contributed by atoms with E-state index < -0.39 is 5.60 Å². The molecule has 0 saturated carbocycles. The molecule has 0 radical (unpaired) electrons. The van der Waals surface area contributed by atoms with Gasteiger partial charge in [-0.2, -0.15) is 5.26 Å². The van der Waals surface area contributed by atoms with Crippen LogP contribution in [-0.2, 0) is 11.2 Å². The molecule has 0 saturated heterocycles. The molecule has 132 valence electrons. The van der Waals surface area contributed by atoms with Gasteiger partial charge in [0.2, 0.25) is 0 Å². The lowest BCUT2D eigenvalue weighted by Crippen LogP contribution is -2.40. The Morgan fingerprint density at radius 3 is 2.54 bits per heavy atom. The molecule has 6 nitrogen and oxygen atoms in total. The van der Waals surface area contributed by atoms with Crippen molar-refractivity contribution in [2.45, 2.75) is 45.8 Å². The predicted octanol–water partition coefficient (Wildman–Crippen LogP) is 3.40. The van der Waals surface area contributed by atoms with Gasteiger partial charge < -0.3 is 19.1 Å². The van der Waals surface area contributed by atoms with Gasteiger partial charge in [-0.25, -0.2) is 4.79 Å². The Hall–Kier alpha value is -2.42. The first-order chi connectivity index (χ1) is 11.2. The minimum Gasteiger partial charge on any atom is -0.493 e.